The van der Waals surface area contributed by atoms with Crippen molar-refractivity contribution in [3.63, 3.8) is 0 Å². The molecule has 1 saturated heterocycles. The van der Waals surface area contributed by atoms with Gasteiger partial charge in [-0.15, -0.1) is 11.3 Å². The van der Waals surface area contributed by atoms with Crippen LogP contribution in [0, 0.1) is 0 Å². The number of carbonyl (C=O) groups excluding carboxylic acids is 2. The molecule has 40 heavy (non-hydrogen) atoms. The molecule has 3 N–H and O–H groups in total. The lowest BCUT2D eigenvalue weighted by molar-refractivity contribution is -0.115. The van der Waals surface area contributed by atoms with E-state index in [-0.39, 0.29) is 11.8 Å². The third-order valence-electron chi connectivity index (χ3n) is 6.87. The molecule has 1 fully saturated rings. The number of carbonyl (C=O) groups is 2. The summed E-state index contributed by atoms with van der Waals surface area (Å²) in [7, 11) is 0. The quantitative estimate of drug-likeness (QED) is 0.259. The number of thiophene rings is 1. The van der Waals surface area contributed by atoms with Crippen molar-refractivity contribution in [3.8, 4) is 11.4 Å². The van der Waals surface area contributed by atoms with Gasteiger partial charge in [0.2, 0.25) is 5.91 Å². The molecular weight excluding hydrogens is 526 g/mol. The Labute approximate surface area is 234 Å². The van der Waals surface area contributed by atoms with Gasteiger partial charge in [-0.05, 0) is 36.2 Å². The maximum absolute atomic E-state index is 13.2. The summed E-state index contributed by atoms with van der Waals surface area (Å²) in [6.07, 6.45) is 2.90. The van der Waals surface area contributed by atoms with E-state index in [9.17, 15) is 9.59 Å². The zero-order valence-corrected chi connectivity index (χ0v) is 22.9. The molecule has 4 heterocycles. The van der Waals surface area contributed by atoms with Crippen LogP contribution in [0.15, 0.2) is 54.7 Å². The summed E-state index contributed by atoms with van der Waals surface area (Å²) in [5.41, 5.74) is 4.39. The molecule has 1 aliphatic rings. The van der Waals surface area contributed by atoms with Gasteiger partial charge in [0.15, 0.2) is 11.6 Å². The van der Waals surface area contributed by atoms with E-state index in [1.54, 1.807) is 6.20 Å². The van der Waals surface area contributed by atoms with Crippen LogP contribution in [0.2, 0.25) is 0 Å². The first-order chi connectivity index (χ1) is 19.6. The summed E-state index contributed by atoms with van der Waals surface area (Å²) in [4.78, 5) is 37.4. The Morgan fingerprint density at radius 3 is 2.73 bits per heavy atom. The van der Waals surface area contributed by atoms with E-state index in [1.807, 2.05) is 55.5 Å². The van der Waals surface area contributed by atoms with Gasteiger partial charge in [-0.25, -0.2) is 9.97 Å². The summed E-state index contributed by atoms with van der Waals surface area (Å²) in [6, 6.07) is 15.5. The molecule has 0 saturated carbocycles. The SMILES string of the molecule is CCC(=O)Nc1ccc(CCNC(=O)c2cc3nc(-c4cccc5[nH]ncc45)nc(N4CCOCC4)c3s2)cc1. The summed E-state index contributed by atoms with van der Waals surface area (Å²) in [6.45, 7) is 5.01. The molecule has 6 rings (SSSR count). The highest BCUT2D eigenvalue weighted by molar-refractivity contribution is 7.21. The van der Waals surface area contributed by atoms with Crippen LogP contribution in [0.1, 0.15) is 28.6 Å². The number of fused-ring (bicyclic) bond motifs is 2. The number of rotatable bonds is 8. The lowest BCUT2D eigenvalue weighted by Crippen LogP contribution is -2.36. The topological polar surface area (TPSA) is 125 Å². The zero-order valence-electron chi connectivity index (χ0n) is 22.1. The predicted molar refractivity (Wildman–Crippen MR) is 157 cm³/mol. The van der Waals surface area contributed by atoms with E-state index in [0.29, 0.717) is 43.3 Å². The van der Waals surface area contributed by atoms with E-state index >= 15 is 0 Å². The van der Waals surface area contributed by atoms with Crippen molar-refractivity contribution in [2.75, 3.05) is 43.1 Å². The first kappa shape index (κ1) is 25.9. The molecule has 10 nitrogen and oxygen atoms in total. The molecule has 0 bridgehead atoms. The Hall–Kier alpha value is -4.35. The fraction of sp³-hybridized carbons (Fsp3) is 0.276. The first-order valence-corrected chi connectivity index (χ1v) is 14.1. The largest absolute Gasteiger partial charge is 0.378 e. The van der Waals surface area contributed by atoms with E-state index in [0.717, 1.165) is 56.8 Å². The molecule has 0 aliphatic carbocycles. The molecular formula is C29H29N7O3S. The summed E-state index contributed by atoms with van der Waals surface area (Å²) >= 11 is 1.41. The van der Waals surface area contributed by atoms with Crippen molar-refractivity contribution in [1.82, 2.24) is 25.5 Å². The van der Waals surface area contributed by atoms with Gasteiger partial charge >= 0.3 is 0 Å². The number of aromatic nitrogens is 4. The summed E-state index contributed by atoms with van der Waals surface area (Å²) in [5, 5.41) is 14.0. The molecule has 1 aliphatic heterocycles. The van der Waals surface area contributed by atoms with Crippen LogP contribution in [-0.4, -0.2) is 64.8 Å². The fourth-order valence-electron chi connectivity index (χ4n) is 4.71. The predicted octanol–water partition coefficient (Wildman–Crippen LogP) is 4.39. The number of aromatic amines is 1. The second kappa shape index (κ2) is 11.4. The average Bonchev–Trinajstić information content (AvgIpc) is 3.65. The van der Waals surface area contributed by atoms with Crippen molar-refractivity contribution in [2.24, 2.45) is 0 Å². The third kappa shape index (κ3) is 5.38. The normalized spacial score (nSPS) is 13.6. The highest BCUT2D eigenvalue weighted by Gasteiger charge is 2.22. The molecule has 5 aromatic rings. The number of morpholine rings is 1. The van der Waals surface area contributed by atoms with Crippen LogP contribution in [0.5, 0.6) is 0 Å². The second-order valence-electron chi connectivity index (χ2n) is 9.54. The Morgan fingerprint density at radius 1 is 1.10 bits per heavy atom. The molecule has 0 spiro atoms. The van der Waals surface area contributed by atoms with Crippen molar-refractivity contribution in [1.29, 1.82) is 0 Å². The van der Waals surface area contributed by atoms with Gasteiger partial charge in [-0.1, -0.05) is 31.2 Å². The van der Waals surface area contributed by atoms with Gasteiger partial charge in [0.05, 0.1) is 40.0 Å². The van der Waals surface area contributed by atoms with E-state index < -0.39 is 0 Å². The van der Waals surface area contributed by atoms with E-state index in [2.05, 4.69) is 25.7 Å². The molecule has 11 heteroatoms. The Balaban J connectivity index is 1.23. The molecule has 0 radical (unpaired) electrons. The molecule has 2 amide bonds. The minimum atomic E-state index is -0.138. The lowest BCUT2D eigenvalue weighted by atomic mass is 10.1. The zero-order chi connectivity index (χ0) is 27.5. The number of hydrogen-bond donors (Lipinski definition) is 3. The molecule has 204 valence electrons. The average molecular weight is 556 g/mol. The fourth-order valence-corrected chi connectivity index (χ4v) is 5.74. The molecule has 0 atom stereocenters. The van der Waals surface area contributed by atoms with Gasteiger partial charge in [0.25, 0.3) is 5.91 Å². The van der Waals surface area contributed by atoms with Crippen LogP contribution < -0.4 is 15.5 Å². The van der Waals surface area contributed by atoms with Crippen LogP contribution in [0.4, 0.5) is 11.5 Å². The maximum Gasteiger partial charge on any atom is 0.261 e. The molecule has 2 aromatic carbocycles. The number of H-pyrrole nitrogens is 1. The number of hydrogen-bond acceptors (Lipinski definition) is 8. The van der Waals surface area contributed by atoms with Gasteiger partial charge in [-0.2, -0.15) is 5.10 Å². The first-order valence-electron chi connectivity index (χ1n) is 13.3. The number of nitrogens with zero attached hydrogens (tertiary/aromatic N) is 4. The van der Waals surface area contributed by atoms with Gasteiger partial charge in [0, 0.05) is 42.7 Å². The van der Waals surface area contributed by atoms with Crippen LogP contribution in [0.25, 0.3) is 32.5 Å². The minimum Gasteiger partial charge on any atom is -0.378 e. The van der Waals surface area contributed by atoms with Crippen molar-refractivity contribution in [3.05, 3.63) is 65.2 Å². The van der Waals surface area contributed by atoms with Crippen LogP contribution in [0.3, 0.4) is 0 Å². The van der Waals surface area contributed by atoms with Crippen LogP contribution in [-0.2, 0) is 16.0 Å². The Morgan fingerprint density at radius 2 is 1.93 bits per heavy atom. The standard InChI is InChI=1S/C29H29N7O3S/c1-2-25(37)32-19-8-6-18(7-9-19)10-11-30-29(38)24-16-23-26(40-24)28(36-12-14-39-15-13-36)34-27(33-23)20-4-3-5-22-21(20)17-31-35-22/h3-9,16-17H,2,10-15H2,1H3,(H,30,38)(H,31,35)(H,32,37). The smallest absolute Gasteiger partial charge is 0.261 e. The van der Waals surface area contributed by atoms with E-state index in [1.165, 1.54) is 11.3 Å². The molecule has 0 unspecified atom stereocenters. The second-order valence-corrected chi connectivity index (χ2v) is 10.6. The monoisotopic (exact) mass is 555 g/mol. The third-order valence-corrected chi connectivity index (χ3v) is 7.99. The lowest BCUT2D eigenvalue weighted by Gasteiger charge is -2.28. The minimum absolute atomic E-state index is 0.0181. The number of anilines is 2. The van der Waals surface area contributed by atoms with Crippen molar-refractivity contribution in [2.45, 2.75) is 19.8 Å². The number of ether oxygens (including phenoxy) is 1. The highest BCUT2D eigenvalue weighted by Crippen LogP contribution is 2.35. The summed E-state index contributed by atoms with van der Waals surface area (Å²) in [5.74, 6) is 1.27. The Bertz CT molecular complexity index is 1670. The van der Waals surface area contributed by atoms with Crippen molar-refractivity contribution >= 4 is 55.8 Å². The van der Waals surface area contributed by atoms with E-state index in [4.69, 9.17) is 14.7 Å². The number of benzene rings is 2. The molecule has 3 aromatic heterocycles. The highest BCUT2D eigenvalue weighted by atomic mass is 32.1. The van der Waals surface area contributed by atoms with Gasteiger partial charge in [-0.3, -0.25) is 14.7 Å². The Kier molecular flexibility index (Phi) is 7.39. The van der Waals surface area contributed by atoms with Gasteiger partial charge < -0.3 is 20.3 Å². The summed E-state index contributed by atoms with van der Waals surface area (Å²) < 4.78 is 6.46. The van der Waals surface area contributed by atoms with Gasteiger partial charge in [0.1, 0.15) is 0 Å². The number of nitrogens with one attached hydrogen (secondary N) is 3. The number of amides is 2. The van der Waals surface area contributed by atoms with Crippen LogP contribution >= 0.6 is 11.3 Å². The maximum atomic E-state index is 13.2. The van der Waals surface area contributed by atoms with Crippen molar-refractivity contribution < 1.29 is 14.3 Å².